The molecule has 0 bridgehead atoms. The zero-order chi connectivity index (χ0) is 21.7. The zero-order valence-corrected chi connectivity index (χ0v) is 17.9. The molecule has 0 radical (unpaired) electrons. The van der Waals surface area contributed by atoms with E-state index in [1.165, 1.54) is 7.05 Å². The monoisotopic (exact) mass is 424 g/mol. The average Bonchev–Trinajstić information content (AvgIpc) is 2.74. The van der Waals surface area contributed by atoms with Gasteiger partial charge in [-0.15, -0.1) is 0 Å². The van der Waals surface area contributed by atoms with Crippen molar-refractivity contribution in [1.82, 2.24) is 0 Å². The Morgan fingerprint density at radius 3 is 2.30 bits per heavy atom. The molecule has 0 fully saturated rings. The molecule has 1 amide bonds. The molecule has 156 valence electrons. The Morgan fingerprint density at radius 2 is 1.63 bits per heavy atom. The lowest BCUT2D eigenvalue weighted by molar-refractivity contribution is 0.102. The fourth-order valence-electron chi connectivity index (χ4n) is 3.02. The number of nitrogens with zero attached hydrogens (tertiary/aromatic N) is 1. The van der Waals surface area contributed by atoms with E-state index in [1.54, 1.807) is 36.4 Å². The molecule has 7 heteroatoms. The Bertz CT molecular complexity index is 1140. The van der Waals surface area contributed by atoms with Gasteiger partial charge in [-0.25, -0.2) is 8.42 Å². The summed E-state index contributed by atoms with van der Waals surface area (Å²) in [5, 5.41) is 2.86. The first kappa shape index (κ1) is 21.4. The summed E-state index contributed by atoms with van der Waals surface area (Å²) in [5.74, 6) is 0.0853. The van der Waals surface area contributed by atoms with Gasteiger partial charge in [-0.2, -0.15) is 0 Å². The molecule has 0 saturated heterocycles. The van der Waals surface area contributed by atoms with Crippen molar-refractivity contribution in [2.75, 3.05) is 29.5 Å². The van der Waals surface area contributed by atoms with Crippen LogP contribution in [0, 0.1) is 0 Å². The van der Waals surface area contributed by atoms with Crippen molar-refractivity contribution in [2.45, 2.75) is 6.92 Å². The maximum Gasteiger partial charge on any atom is 0.259 e. The van der Waals surface area contributed by atoms with E-state index >= 15 is 0 Å². The fourth-order valence-corrected chi connectivity index (χ4v) is 3.54. The van der Waals surface area contributed by atoms with Crippen LogP contribution >= 0.6 is 0 Å². The summed E-state index contributed by atoms with van der Waals surface area (Å²) < 4.78 is 31.0. The standard InChI is InChI=1S/C23H24N2O4S/c1-4-29-22-13-9-8-12-19(22)23(26)24-20-16-18(17-10-6-5-7-11-17)14-15-21(20)25(2)30(3,27)28/h5-16H,4H2,1-3H3,(H,24,26). The fraction of sp³-hybridized carbons (Fsp3) is 0.174. The van der Waals surface area contributed by atoms with Crippen LogP contribution in [-0.4, -0.2) is 34.2 Å². The van der Waals surface area contributed by atoms with E-state index in [-0.39, 0.29) is 5.91 Å². The molecule has 0 spiro atoms. The van der Waals surface area contributed by atoms with Gasteiger partial charge in [0.2, 0.25) is 10.0 Å². The quantitative estimate of drug-likeness (QED) is 0.610. The highest BCUT2D eigenvalue weighted by Crippen LogP contribution is 2.33. The molecule has 0 aromatic heterocycles. The highest BCUT2D eigenvalue weighted by Gasteiger charge is 2.20. The van der Waals surface area contributed by atoms with Crippen LogP contribution in [0.25, 0.3) is 11.1 Å². The van der Waals surface area contributed by atoms with Crippen LogP contribution < -0.4 is 14.4 Å². The average molecular weight is 425 g/mol. The Labute approximate surface area is 177 Å². The highest BCUT2D eigenvalue weighted by atomic mass is 32.2. The van der Waals surface area contributed by atoms with Gasteiger partial charge < -0.3 is 10.1 Å². The number of sulfonamides is 1. The summed E-state index contributed by atoms with van der Waals surface area (Å²) in [6.07, 6.45) is 1.12. The third-order valence-electron chi connectivity index (χ3n) is 4.62. The third-order valence-corrected chi connectivity index (χ3v) is 5.81. The van der Waals surface area contributed by atoms with Crippen LogP contribution in [0.1, 0.15) is 17.3 Å². The van der Waals surface area contributed by atoms with Gasteiger partial charge in [0.25, 0.3) is 5.91 Å². The summed E-state index contributed by atoms with van der Waals surface area (Å²) in [6, 6.07) is 21.9. The van der Waals surface area contributed by atoms with Gasteiger partial charge in [-0.3, -0.25) is 9.10 Å². The summed E-state index contributed by atoms with van der Waals surface area (Å²) in [6.45, 7) is 2.27. The molecule has 3 aromatic carbocycles. The zero-order valence-electron chi connectivity index (χ0n) is 17.1. The first-order valence-corrected chi connectivity index (χ1v) is 11.3. The minimum absolute atomic E-state index is 0.373. The van der Waals surface area contributed by atoms with Gasteiger partial charge in [0.1, 0.15) is 5.75 Å². The second kappa shape index (κ2) is 9.00. The number of para-hydroxylation sites is 1. The van der Waals surface area contributed by atoms with Crippen LogP contribution in [0.2, 0.25) is 0 Å². The van der Waals surface area contributed by atoms with Crippen LogP contribution in [0.15, 0.2) is 72.8 Å². The number of amides is 1. The van der Waals surface area contributed by atoms with Gasteiger partial charge in [-0.1, -0.05) is 48.5 Å². The summed E-state index contributed by atoms with van der Waals surface area (Å²) in [5.41, 5.74) is 2.95. The number of benzene rings is 3. The predicted molar refractivity (Wildman–Crippen MR) is 121 cm³/mol. The van der Waals surface area contributed by atoms with Crippen molar-refractivity contribution in [3.63, 3.8) is 0 Å². The smallest absolute Gasteiger partial charge is 0.259 e. The van der Waals surface area contributed by atoms with Crippen molar-refractivity contribution in [3.8, 4) is 16.9 Å². The molecule has 1 N–H and O–H groups in total. The van der Waals surface area contributed by atoms with Gasteiger partial charge in [0.15, 0.2) is 0 Å². The number of rotatable bonds is 7. The van der Waals surface area contributed by atoms with Crippen molar-refractivity contribution >= 4 is 27.3 Å². The first-order chi connectivity index (χ1) is 14.3. The number of hydrogen-bond acceptors (Lipinski definition) is 4. The number of nitrogens with one attached hydrogen (secondary N) is 1. The minimum Gasteiger partial charge on any atom is -0.493 e. The lowest BCUT2D eigenvalue weighted by Crippen LogP contribution is -2.26. The second-order valence-corrected chi connectivity index (χ2v) is 8.73. The van der Waals surface area contributed by atoms with Gasteiger partial charge >= 0.3 is 0 Å². The molecule has 3 aromatic rings. The lowest BCUT2D eigenvalue weighted by Gasteiger charge is -2.22. The van der Waals surface area contributed by atoms with E-state index in [1.807, 2.05) is 43.3 Å². The number of ether oxygens (including phenoxy) is 1. The Balaban J connectivity index is 2.05. The summed E-state index contributed by atoms with van der Waals surface area (Å²) >= 11 is 0. The largest absolute Gasteiger partial charge is 0.493 e. The van der Waals surface area contributed by atoms with Crippen LogP contribution in [-0.2, 0) is 10.0 Å². The molecule has 30 heavy (non-hydrogen) atoms. The molecule has 0 heterocycles. The van der Waals surface area contributed by atoms with Gasteiger partial charge in [0, 0.05) is 7.05 Å². The maximum absolute atomic E-state index is 13.0. The number of hydrogen-bond donors (Lipinski definition) is 1. The van der Waals surface area contributed by atoms with Crippen LogP contribution in [0.5, 0.6) is 5.75 Å². The first-order valence-electron chi connectivity index (χ1n) is 9.48. The molecule has 3 rings (SSSR count). The van der Waals surface area contributed by atoms with Crippen molar-refractivity contribution in [1.29, 1.82) is 0 Å². The SMILES string of the molecule is CCOc1ccccc1C(=O)Nc1cc(-c2ccccc2)ccc1N(C)S(C)(=O)=O. The van der Waals surface area contributed by atoms with E-state index in [2.05, 4.69) is 5.32 Å². The van der Waals surface area contributed by atoms with E-state index < -0.39 is 10.0 Å². The van der Waals surface area contributed by atoms with E-state index in [4.69, 9.17) is 4.74 Å². The summed E-state index contributed by atoms with van der Waals surface area (Å²) in [4.78, 5) is 13.0. The summed E-state index contributed by atoms with van der Waals surface area (Å²) in [7, 11) is -2.06. The molecular weight excluding hydrogens is 400 g/mol. The lowest BCUT2D eigenvalue weighted by atomic mass is 10.0. The number of anilines is 2. The second-order valence-electron chi connectivity index (χ2n) is 6.71. The molecule has 6 nitrogen and oxygen atoms in total. The predicted octanol–water partition coefficient (Wildman–Crippen LogP) is 4.40. The van der Waals surface area contributed by atoms with E-state index in [0.717, 1.165) is 21.7 Å². The molecule has 0 saturated carbocycles. The Kier molecular flexibility index (Phi) is 6.42. The van der Waals surface area contributed by atoms with Crippen molar-refractivity contribution in [3.05, 3.63) is 78.4 Å². The Morgan fingerprint density at radius 1 is 0.967 bits per heavy atom. The van der Waals surface area contributed by atoms with Crippen LogP contribution in [0.4, 0.5) is 11.4 Å². The molecule has 0 aliphatic carbocycles. The van der Waals surface area contributed by atoms with Crippen molar-refractivity contribution < 1.29 is 17.9 Å². The maximum atomic E-state index is 13.0. The van der Waals surface area contributed by atoms with E-state index in [9.17, 15) is 13.2 Å². The minimum atomic E-state index is -3.52. The van der Waals surface area contributed by atoms with Gasteiger partial charge in [-0.05, 0) is 42.3 Å². The van der Waals surface area contributed by atoms with Gasteiger partial charge in [0.05, 0.1) is 29.8 Å². The highest BCUT2D eigenvalue weighted by molar-refractivity contribution is 7.92. The number of carbonyl (C=O) groups excluding carboxylic acids is 1. The van der Waals surface area contributed by atoms with Crippen molar-refractivity contribution in [2.24, 2.45) is 0 Å². The van der Waals surface area contributed by atoms with E-state index in [0.29, 0.717) is 29.3 Å². The molecule has 0 atom stereocenters. The topological polar surface area (TPSA) is 75.7 Å². The Hall–Kier alpha value is -3.32. The molecular formula is C23H24N2O4S. The van der Waals surface area contributed by atoms with Crippen LogP contribution in [0.3, 0.4) is 0 Å². The molecule has 0 aliphatic heterocycles. The normalized spacial score (nSPS) is 11.0. The third kappa shape index (κ3) is 4.80. The molecule has 0 aliphatic rings. The number of carbonyl (C=O) groups is 1. The molecule has 0 unspecified atom stereocenters.